The number of nitrogens with one attached hydrogen (secondary N) is 1. The summed E-state index contributed by atoms with van der Waals surface area (Å²) in [5.74, 6) is 1.73. The number of pyridine rings is 1. The third-order valence-corrected chi connectivity index (χ3v) is 4.86. The zero-order valence-corrected chi connectivity index (χ0v) is 16.0. The van der Waals surface area contributed by atoms with Gasteiger partial charge in [0.1, 0.15) is 18.1 Å². The van der Waals surface area contributed by atoms with Crippen molar-refractivity contribution in [3.63, 3.8) is 0 Å². The molecule has 1 fully saturated rings. The molecule has 8 nitrogen and oxygen atoms in total. The topological polar surface area (TPSA) is 99.3 Å². The number of nitrogens with zero attached hydrogens (tertiary/aromatic N) is 6. The van der Waals surface area contributed by atoms with Crippen LogP contribution >= 0.6 is 11.6 Å². The first-order valence-electron chi connectivity index (χ1n) is 9.07. The van der Waals surface area contributed by atoms with Crippen LogP contribution in [0.1, 0.15) is 5.82 Å². The van der Waals surface area contributed by atoms with E-state index in [4.69, 9.17) is 17.3 Å². The lowest BCUT2D eigenvalue weighted by Gasteiger charge is -2.36. The number of hydrogen-bond acceptors (Lipinski definition) is 5. The fourth-order valence-corrected chi connectivity index (χ4v) is 3.20. The molecule has 0 radical (unpaired) electrons. The molecule has 1 aromatic carbocycles. The number of nitrogens with two attached hydrogens (primary N) is 1. The van der Waals surface area contributed by atoms with Gasteiger partial charge in [0.15, 0.2) is 11.8 Å². The van der Waals surface area contributed by atoms with Gasteiger partial charge in [0.05, 0.1) is 0 Å². The third-order valence-electron chi connectivity index (χ3n) is 4.61. The van der Waals surface area contributed by atoms with E-state index in [1.165, 1.54) is 5.69 Å². The zero-order chi connectivity index (χ0) is 19.3. The maximum atomic E-state index is 6.18. The van der Waals surface area contributed by atoms with Gasteiger partial charge in [0.25, 0.3) is 0 Å². The first kappa shape index (κ1) is 18.2. The number of H-pyrrole nitrogens is 1. The molecule has 9 heteroatoms. The van der Waals surface area contributed by atoms with Crippen LogP contribution in [0.15, 0.2) is 53.7 Å². The summed E-state index contributed by atoms with van der Waals surface area (Å²) < 4.78 is 0. The lowest BCUT2D eigenvalue weighted by atomic mass is 10.2. The molecule has 144 valence electrons. The lowest BCUT2D eigenvalue weighted by Crippen LogP contribution is -2.51. The molecule has 3 aromatic rings. The average Bonchev–Trinajstić information content (AvgIpc) is 3.22. The number of aromatic amines is 1. The molecular weight excluding hydrogens is 376 g/mol. The summed E-state index contributed by atoms with van der Waals surface area (Å²) in [7, 11) is 0. The van der Waals surface area contributed by atoms with Crippen LogP contribution < -0.4 is 10.6 Å². The van der Waals surface area contributed by atoms with Crippen LogP contribution in [-0.2, 0) is 6.54 Å². The van der Waals surface area contributed by atoms with E-state index in [0.717, 1.165) is 36.9 Å². The first-order valence-corrected chi connectivity index (χ1v) is 9.45. The van der Waals surface area contributed by atoms with Crippen molar-refractivity contribution in [2.24, 2.45) is 10.7 Å². The molecule has 0 bridgehead atoms. The molecule has 3 N–H and O–H groups in total. The Kier molecular flexibility index (Phi) is 5.38. The molecule has 0 amide bonds. The van der Waals surface area contributed by atoms with Crippen LogP contribution in [-0.4, -0.2) is 57.2 Å². The van der Waals surface area contributed by atoms with Crippen molar-refractivity contribution >= 4 is 23.2 Å². The number of piperazine rings is 1. The van der Waals surface area contributed by atoms with E-state index in [1.54, 1.807) is 6.20 Å². The van der Waals surface area contributed by atoms with Crippen molar-refractivity contribution in [3.8, 4) is 11.5 Å². The highest BCUT2D eigenvalue weighted by atomic mass is 35.5. The predicted molar refractivity (Wildman–Crippen MR) is 110 cm³/mol. The molecular formula is C19H21ClN8. The average molecular weight is 397 g/mol. The minimum atomic E-state index is 0.350. The number of anilines is 1. The molecule has 1 aliphatic rings. The Morgan fingerprint density at radius 1 is 1.11 bits per heavy atom. The van der Waals surface area contributed by atoms with Gasteiger partial charge in [-0.05, 0) is 36.4 Å². The van der Waals surface area contributed by atoms with Crippen LogP contribution in [0.3, 0.4) is 0 Å². The maximum absolute atomic E-state index is 6.18. The van der Waals surface area contributed by atoms with Gasteiger partial charge in [-0.25, -0.2) is 9.98 Å². The maximum Gasteiger partial charge on any atom is 0.199 e. The lowest BCUT2D eigenvalue weighted by molar-refractivity contribution is 0.380. The minimum absolute atomic E-state index is 0.350. The van der Waals surface area contributed by atoms with Gasteiger partial charge in [-0.1, -0.05) is 17.7 Å². The molecule has 1 saturated heterocycles. The normalized spacial score (nSPS) is 15.1. The summed E-state index contributed by atoms with van der Waals surface area (Å²) in [6, 6.07) is 13.5. The summed E-state index contributed by atoms with van der Waals surface area (Å²) >= 11 is 5.96. The highest BCUT2D eigenvalue weighted by molar-refractivity contribution is 6.30. The molecule has 4 rings (SSSR count). The Balaban J connectivity index is 1.33. The van der Waals surface area contributed by atoms with Gasteiger partial charge in [-0.3, -0.25) is 10.1 Å². The van der Waals surface area contributed by atoms with Crippen LogP contribution in [0.5, 0.6) is 0 Å². The van der Waals surface area contributed by atoms with E-state index < -0.39 is 0 Å². The standard InChI is InChI=1S/C19H21ClN8/c20-14-4-6-15(7-5-14)27-9-11-28(12-10-27)19(21)23-13-17-24-18(26-25-17)16-3-1-2-8-22-16/h1-8H,9-13H2,(H2,21,23)(H,24,25,26). The molecule has 0 saturated carbocycles. The van der Waals surface area contributed by atoms with Gasteiger partial charge in [-0.2, -0.15) is 5.10 Å². The van der Waals surface area contributed by atoms with Gasteiger partial charge < -0.3 is 15.5 Å². The largest absolute Gasteiger partial charge is 0.370 e. The molecule has 3 heterocycles. The van der Waals surface area contributed by atoms with Gasteiger partial charge in [0.2, 0.25) is 0 Å². The van der Waals surface area contributed by atoms with Gasteiger partial charge in [-0.15, -0.1) is 0 Å². The predicted octanol–water partition coefficient (Wildman–Crippen LogP) is 2.16. The summed E-state index contributed by atoms with van der Waals surface area (Å²) in [5, 5.41) is 7.83. The Labute approximate surface area is 168 Å². The van der Waals surface area contributed by atoms with E-state index in [0.29, 0.717) is 24.2 Å². The molecule has 0 aliphatic carbocycles. The Morgan fingerprint density at radius 2 is 1.89 bits per heavy atom. The second-order valence-electron chi connectivity index (χ2n) is 6.45. The molecule has 0 unspecified atom stereocenters. The van der Waals surface area contributed by atoms with Crippen molar-refractivity contribution in [1.29, 1.82) is 0 Å². The first-order chi connectivity index (χ1) is 13.7. The van der Waals surface area contributed by atoms with E-state index in [1.807, 2.05) is 42.5 Å². The second kappa shape index (κ2) is 8.26. The van der Waals surface area contributed by atoms with Crippen LogP contribution in [0.25, 0.3) is 11.5 Å². The molecule has 2 aromatic heterocycles. The van der Waals surface area contributed by atoms with Crippen LogP contribution in [0, 0.1) is 0 Å². The van der Waals surface area contributed by atoms with Crippen molar-refractivity contribution in [1.82, 2.24) is 25.1 Å². The number of rotatable bonds is 4. The number of halogens is 1. The Morgan fingerprint density at radius 3 is 2.61 bits per heavy atom. The second-order valence-corrected chi connectivity index (χ2v) is 6.88. The number of benzene rings is 1. The summed E-state index contributed by atoms with van der Waals surface area (Å²) in [6.07, 6.45) is 1.71. The molecule has 0 spiro atoms. The number of guanidine groups is 1. The van der Waals surface area contributed by atoms with Crippen molar-refractivity contribution in [2.75, 3.05) is 31.1 Å². The van der Waals surface area contributed by atoms with Gasteiger partial charge in [0, 0.05) is 43.1 Å². The van der Waals surface area contributed by atoms with E-state index in [2.05, 4.69) is 35.0 Å². The van der Waals surface area contributed by atoms with E-state index in [9.17, 15) is 0 Å². The van der Waals surface area contributed by atoms with Crippen molar-refractivity contribution in [3.05, 3.63) is 59.5 Å². The molecule has 0 atom stereocenters. The SMILES string of the molecule is NC(=NCc1nc(-c2ccccn2)n[nH]1)N1CCN(c2ccc(Cl)cc2)CC1. The Bertz CT molecular complexity index is 930. The molecule has 1 aliphatic heterocycles. The fraction of sp³-hybridized carbons (Fsp3) is 0.263. The Hall–Kier alpha value is -3.13. The highest BCUT2D eigenvalue weighted by Gasteiger charge is 2.18. The summed E-state index contributed by atoms with van der Waals surface area (Å²) in [5.41, 5.74) is 8.08. The monoisotopic (exact) mass is 396 g/mol. The minimum Gasteiger partial charge on any atom is -0.370 e. The quantitative estimate of drug-likeness (QED) is 0.518. The summed E-state index contributed by atoms with van der Waals surface area (Å²) in [4.78, 5) is 17.5. The van der Waals surface area contributed by atoms with Crippen LogP contribution in [0.2, 0.25) is 5.02 Å². The summed E-state index contributed by atoms with van der Waals surface area (Å²) in [6.45, 7) is 3.73. The fourth-order valence-electron chi connectivity index (χ4n) is 3.08. The molecule has 28 heavy (non-hydrogen) atoms. The van der Waals surface area contributed by atoms with Crippen molar-refractivity contribution in [2.45, 2.75) is 6.54 Å². The number of hydrogen-bond donors (Lipinski definition) is 2. The van der Waals surface area contributed by atoms with Crippen LogP contribution in [0.4, 0.5) is 5.69 Å². The zero-order valence-electron chi connectivity index (χ0n) is 15.3. The van der Waals surface area contributed by atoms with E-state index >= 15 is 0 Å². The highest BCUT2D eigenvalue weighted by Crippen LogP contribution is 2.19. The third kappa shape index (κ3) is 4.23. The number of aromatic nitrogens is 4. The van der Waals surface area contributed by atoms with Crippen molar-refractivity contribution < 1.29 is 0 Å². The van der Waals surface area contributed by atoms with E-state index in [-0.39, 0.29) is 0 Å². The number of aliphatic imine (C=N–C) groups is 1. The van der Waals surface area contributed by atoms with Gasteiger partial charge >= 0.3 is 0 Å². The smallest absolute Gasteiger partial charge is 0.199 e.